The fourth-order valence-corrected chi connectivity index (χ4v) is 2.02. The highest BCUT2D eigenvalue weighted by Gasteiger charge is 2.18. The van der Waals surface area contributed by atoms with Crippen LogP contribution < -0.4 is 5.73 Å². The molecule has 1 aliphatic heterocycles. The van der Waals surface area contributed by atoms with E-state index >= 15 is 0 Å². The van der Waals surface area contributed by atoms with Crippen LogP contribution in [0.5, 0.6) is 0 Å². The number of piperazine rings is 1. The number of carbonyl (C=O) groups is 1. The first kappa shape index (κ1) is 12.9. The van der Waals surface area contributed by atoms with Gasteiger partial charge in [-0.25, -0.2) is 0 Å². The highest BCUT2D eigenvalue weighted by atomic mass is 16.3. The molecule has 2 heterocycles. The van der Waals surface area contributed by atoms with Crippen LogP contribution in [0.3, 0.4) is 0 Å². The maximum absolute atomic E-state index is 11.9. The minimum Gasteiger partial charge on any atom is -0.465 e. The summed E-state index contributed by atoms with van der Waals surface area (Å²) in [4.78, 5) is 16.0. The van der Waals surface area contributed by atoms with Crippen LogP contribution >= 0.6 is 0 Å². The molecule has 0 spiro atoms. The molecule has 1 amide bonds. The first-order valence-corrected chi connectivity index (χ1v) is 6.22. The number of carbonyl (C=O) groups excluding carboxylic acids is 1. The van der Waals surface area contributed by atoms with Crippen LogP contribution in [0.15, 0.2) is 28.9 Å². The van der Waals surface area contributed by atoms with Crippen molar-refractivity contribution in [3.8, 4) is 0 Å². The van der Waals surface area contributed by atoms with Crippen LogP contribution in [0.25, 0.3) is 6.08 Å². The lowest BCUT2D eigenvalue weighted by Crippen LogP contribution is -2.49. The molecular formula is C13H19N3O2. The first-order valence-electron chi connectivity index (χ1n) is 6.22. The van der Waals surface area contributed by atoms with Gasteiger partial charge in [-0.2, -0.15) is 0 Å². The number of nitrogens with two attached hydrogens (primary N) is 1. The van der Waals surface area contributed by atoms with Gasteiger partial charge in [0.1, 0.15) is 5.76 Å². The normalized spacial score (nSPS) is 17.5. The third-order valence-electron chi connectivity index (χ3n) is 3.06. The summed E-state index contributed by atoms with van der Waals surface area (Å²) < 4.78 is 5.14. The minimum atomic E-state index is 0.0406. The summed E-state index contributed by atoms with van der Waals surface area (Å²) in [6.45, 7) is 4.91. The molecule has 2 N–H and O–H groups in total. The molecule has 0 radical (unpaired) electrons. The monoisotopic (exact) mass is 249 g/mol. The molecule has 0 atom stereocenters. The van der Waals surface area contributed by atoms with Gasteiger partial charge in [0.15, 0.2) is 0 Å². The highest BCUT2D eigenvalue weighted by Crippen LogP contribution is 2.05. The van der Waals surface area contributed by atoms with Gasteiger partial charge in [-0.1, -0.05) is 0 Å². The zero-order valence-electron chi connectivity index (χ0n) is 10.4. The van der Waals surface area contributed by atoms with E-state index in [9.17, 15) is 4.79 Å². The predicted octanol–water partition coefficient (Wildman–Crippen LogP) is 0.396. The summed E-state index contributed by atoms with van der Waals surface area (Å²) >= 11 is 0. The van der Waals surface area contributed by atoms with Gasteiger partial charge in [-0.3, -0.25) is 9.69 Å². The van der Waals surface area contributed by atoms with Crippen molar-refractivity contribution in [2.24, 2.45) is 5.73 Å². The van der Waals surface area contributed by atoms with Gasteiger partial charge >= 0.3 is 0 Å². The van der Waals surface area contributed by atoms with E-state index in [0.29, 0.717) is 12.3 Å². The van der Waals surface area contributed by atoms with E-state index in [1.807, 2.05) is 11.0 Å². The van der Waals surface area contributed by atoms with Gasteiger partial charge in [0, 0.05) is 45.3 Å². The zero-order valence-corrected chi connectivity index (χ0v) is 10.4. The molecular weight excluding hydrogens is 230 g/mol. The Labute approximate surface area is 107 Å². The zero-order chi connectivity index (χ0) is 12.8. The molecule has 2 rings (SSSR count). The molecule has 98 valence electrons. The van der Waals surface area contributed by atoms with E-state index in [2.05, 4.69) is 4.90 Å². The molecule has 1 aromatic rings. The maximum atomic E-state index is 11.9. The van der Waals surface area contributed by atoms with Crippen LogP contribution in [-0.4, -0.2) is 55.0 Å². The minimum absolute atomic E-state index is 0.0406. The van der Waals surface area contributed by atoms with Crippen molar-refractivity contribution in [1.29, 1.82) is 0 Å². The van der Waals surface area contributed by atoms with Crippen molar-refractivity contribution in [2.45, 2.75) is 0 Å². The van der Waals surface area contributed by atoms with Gasteiger partial charge in [-0.15, -0.1) is 0 Å². The summed E-state index contributed by atoms with van der Waals surface area (Å²) in [5.41, 5.74) is 5.51. The largest absolute Gasteiger partial charge is 0.465 e. The molecule has 1 fully saturated rings. The fourth-order valence-electron chi connectivity index (χ4n) is 2.02. The Morgan fingerprint density at radius 2 is 2.17 bits per heavy atom. The average molecular weight is 249 g/mol. The summed E-state index contributed by atoms with van der Waals surface area (Å²) in [7, 11) is 0. The molecule has 5 nitrogen and oxygen atoms in total. The van der Waals surface area contributed by atoms with Crippen LogP contribution in [0.4, 0.5) is 0 Å². The Balaban J connectivity index is 1.80. The number of rotatable bonds is 4. The van der Waals surface area contributed by atoms with E-state index in [1.165, 1.54) is 0 Å². The second kappa shape index (κ2) is 6.37. The van der Waals surface area contributed by atoms with E-state index in [0.717, 1.165) is 32.7 Å². The molecule has 0 bridgehead atoms. The Hall–Kier alpha value is -1.59. The third kappa shape index (κ3) is 3.45. The molecule has 1 aliphatic rings. The summed E-state index contributed by atoms with van der Waals surface area (Å²) in [5, 5.41) is 0. The second-order valence-electron chi connectivity index (χ2n) is 4.30. The molecule has 1 aromatic heterocycles. The van der Waals surface area contributed by atoms with Crippen molar-refractivity contribution in [1.82, 2.24) is 9.80 Å². The van der Waals surface area contributed by atoms with Crippen molar-refractivity contribution in [3.05, 3.63) is 30.2 Å². The van der Waals surface area contributed by atoms with E-state index in [-0.39, 0.29) is 5.91 Å². The Bertz CT molecular complexity index is 392. The van der Waals surface area contributed by atoms with Crippen LogP contribution in [0.1, 0.15) is 5.76 Å². The van der Waals surface area contributed by atoms with Crippen LogP contribution in [0.2, 0.25) is 0 Å². The van der Waals surface area contributed by atoms with Crippen molar-refractivity contribution >= 4 is 12.0 Å². The molecule has 18 heavy (non-hydrogen) atoms. The summed E-state index contributed by atoms with van der Waals surface area (Å²) in [6, 6.07) is 3.62. The van der Waals surface area contributed by atoms with Gasteiger partial charge in [0.05, 0.1) is 6.26 Å². The van der Waals surface area contributed by atoms with E-state index in [1.54, 1.807) is 24.5 Å². The van der Waals surface area contributed by atoms with Gasteiger partial charge in [0.2, 0.25) is 5.91 Å². The lowest BCUT2D eigenvalue weighted by Gasteiger charge is -2.33. The van der Waals surface area contributed by atoms with Gasteiger partial charge in [-0.05, 0) is 18.2 Å². The smallest absolute Gasteiger partial charge is 0.246 e. The number of hydrogen-bond acceptors (Lipinski definition) is 4. The summed E-state index contributed by atoms with van der Waals surface area (Å²) in [6.07, 6.45) is 4.86. The first-order chi connectivity index (χ1) is 8.79. The lowest BCUT2D eigenvalue weighted by atomic mass is 10.3. The van der Waals surface area contributed by atoms with Gasteiger partial charge in [0.25, 0.3) is 0 Å². The lowest BCUT2D eigenvalue weighted by molar-refractivity contribution is -0.127. The Morgan fingerprint density at radius 1 is 1.39 bits per heavy atom. The summed E-state index contributed by atoms with van der Waals surface area (Å²) in [5.74, 6) is 0.740. The predicted molar refractivity (Wildman–Crippen MR) is 69.8 cm³/mol. The number of amides is 1. The number of nitrogens with zero attached hydrogens (tertiary/aromatic N) is 2. The third-order valence-corrected chi connectivity index (χ3v) is 3.06. The van der Waals surface area contributed by atoms with Gasteiger partial charge < -0.3 is 15.1 Å². The molecule has 0 saturated carbocycles. The maximum Gasteiger partial charge on any atom is 0.246 e. The number of hydrogen-bond donors (Lipinski definition) is 1. The standard InChI is InChI=1S/C13H19N3O2/c14-5-6-15-7-9-16(10-8-15)13(17)4-3-12-2-1-11-18-12/h1-4,11H,5-10,14H2/b4-3+. The number of furan rings is 1. The van der Waals surface area contributed by atoms with Crippen LogP contribution in [0, 0.1) is 0 Å². The van der Waals surface area contributed by atoms with E-state index in [4.69, 9.17) is 10.2 Å². The topological polar surface area (TPSA) is 62.7 Å². The SMILES string of the molecule is NCCN1CCN(C(=O)/C=C/c2ccco2)CC1. The average Bonchev–Trinajstić information content (AvgIpc) is 2.90. The van der Waals surface area contributed by atoms with E-state index < -0.39 is 0 Å². The Kier molecular flexibility index (Phi) is 4.55. The molecule has 0 aliphatic carbocycles. The molecule has 5 heteroatoms. The molecule has 0 unspecified atom stereocenters. The molecule has 1 saturated heterocycles. The second-order valence-corrected chi connectivity index (χ2v) is 4.30. The Morgan fingerprint density at radius 3 is 2.78 bits per heavy atom. The van der Waals surface area contributed by atoms with Crippen molar-refractivity contribution in [3.63, 3.8) is 0 Å². The quantitative estimate of drug-likeness (QED) is 0.784. The van der Waals surface area contributed by atoms with Crippen molar-refractivity contribution < 1.29 is 9.21 Å². The fraction of sp³-hybridized carbons (Fsp3) is 0.462. The molecule has 0 aromatic carbocycles. The van der Waals surface area contributed by atoms with Crippen molar-refractivity contribution in [2.75, 3.05) is 39.3 Å². The highest BCUT2D eigenvalue weighted by molar-refractivity contribution is 5.91. The van der Waals surface area contributed by atoms with Crippen LogP contribution in [-0.2, 0) is 4.79 Å².